The van der Waals surface area contributed by atoms with Gasteiger partial charge in [0.25, 0.3) is 5.91 Å². The average Bonchev–Trinajstić information content (AvgIpc) is 2.73. The third kappa shape index (κ3) is 3.23. The molecule has 0 N–H and O–H groups in total. The number of carbonyl (C=O) groups is 1. The van der Waals surface area contributed by atoms with Gasteiger partial charge in [0.05, 0.1) is 11.8 Å². The minimum Gasteiger partial charge on any atom is -0.375 e. The van der Waals surface area contributed by atoms with Gasteiger partial charge in [-0.25, -0.2) is 12.8 Å². The number of sulfone groups is 1. The summed E-state index contributed by atoms with van der Waals surface area (Å²) in [6, 6.07) is 4.70. The van der Waals surface area contributed by atoms with Gasteiger partial charge in [0.15, 0.2) is 9.84 Å². The van der Waals surface area contributed by atoms with Gasteiger partial charge in [-0.2, -0.15) is 0 Å². The predicted molar refractivity (Wildman–Crippen MR) is 72.5 cm³/mol. The van der Waals surface area contributed by atoms with Crippen LogP contribution in [0, 0.1) is 5.82 Å². The fraction of sp³-hybridized carbons (Fsp3) is 0.308. The van der Waals surface area contributed by atoms with Crippen molar-refractivity contribution >= 4 is 21.4 Å². The van der Waals surface area contributed by atoms with Gasteiger partial charge in [0.2, 0.25) is 0 Å². The number of rotatable bonds is 4. The van der Waals surface area contributed by atoms with Crippen LogP contribution in [0.4, 0.5) is 10.1 Å². The number of carbonyl (C=O) groups excluding carboxylic acids is 1. The van der Waals surface area contributed by atoms with Crippen molar-refractivity contribution in [1.29, 1.82) is 0 Å². The van der Waals surface area contributed by atoms with Crippen LogP contribution in [0.15, 0.2) is 35.7 Å². The number of nitrogens with zero attached hydrogens (tertiary/aromatic N) is 1. The van der Waals surface area contributed by atoms with E-state index in [1.54, 1.807) is 0 Å². The average molecular weight is 299 g/mol. The maximum Gasteiger partial charge on any atom is 0.253 e. The molecule has 20 heavy (non-hydrogen) atoms. The maximum atomic E-state index is 13.0. The van der Waals surface area contributed by atoms with Crippen molar-refractivity contribution < 1.29 is 22.3 Å². The number of halogens is 1. The molecule has 1 unspecified atom stereocenters. The number of hydrogen-bond acceptors (Lipinski definition) is 4. The summed E-state index contributed by atoms with van der Waals surface area (Å²) in [6.45, 7) is -0.179. The smallest absolute Gasteiger partial charge is 0.253 e. The summed E-state index contributed by atoms with van der Waals surface area (Å²) < 4.78 is 40.8. The lowest BCUT2D eigenvalue weighted by Crippen LogP contribution is -2.43. The molecule has 2 rings (SSSR count). The lowest BCUT2D eigenvalue weighted by Gasteiger charge is -2.27. The van der Waals surface area contributed by atoms with Crippen molar-refractivity contribution in [2.75, 3.05) is 24.4 Å². The molecule has 0 radical (unpaired) electrons. The minimum absolute atomic E-state index is 0.179. The molecular formula is C13H14FNO4S. The highest BCUT2D eigenvalue weighted by Crippen LogP contribution is 2.23. The lowest BCUT2D eigenvalue weighted by atomic mass is 10.2. The Kier molecular flexibility index (Phi) is 4.20. The van der Waals surface area contributed by atoms with Crippen molar-refractivity contribution in [3.05, 3.63) is 41.6 Å². The van der Waals surface area contributed by atoms with Gasteiger partial charge in [-0.15, -0.1) is 0 Å². The Morgan fingerprint density at radius 1 is 1.40 bits per heavy atom. The third-order valence-corrected chi connectivity index (χ3v) is 4.26. The van der Waals surface area contributed by atoms with Crippen LogP contribution in [0.25, 0.3) is 0 Å². The van der Waals surface area contributed by atoms with Crippen molar-refractivity contribution in [2.24, 2.45) is 0 Å². The standard InChI is InChI=1S/C13H14FNO4S/c1-19-8-13(16)15(11-4-2-10(14)3-5-11)12-6-7-20(17,18)9-12/h2-7,12H,8-9H2,1H3. The van der Waals surface area contributed by atoms with Gasteiger partial charge in [0.1, 0.15) is 12.4 Å². The molecule has 1 aromatic rings. The minimum atomic E-state index is -3.29. The van der Waals surface area contributed by atoms with Crippen LogP contribution < -0.4 is 4.90 Å². The van der Waals surface area contributed by atoms with Crippen LogP contribution >= 0.6 is 0 Å². The zero-order valence-corrected chi connectivity index (χ0v) is 11.6. The molecule has 0 saturated carbocycles. The zero-order chi connectivity index (χ0) is 14.8. The Bertz CT molecular complexity index is 624. The molecule has 1 aliphatic heterocycles. The quantitative estimate of drug-likeness (QED) is 0.835. The molecule has 0 fully saturated rings. The summed E-state index contributed by atoms with van der Waals surface area (Å²) in [5.74, 6) is -0.992. The normalized spacial score (nSPS) is 20.0. The monoisotopic (exact) mass is 299 g/mol. The first-order valence-electron chi connectivity index (χ1n) is 5.90. The first-order valence-corrected chi connectivity index (χ1v) is 7.62. The summed E-state index contributed by atoms with van der Waals surface area (Å²) in [5, 5.41) is 1.09. The van der Waals surface area contributed by atoms with Crippen LogP contribution in [0.2, 0.25) is 0 Å². The number of hydrogen-bond donors (Lipinski definition) is 0. The first kappa shape index (κ1) is 14.7. The molecule has 1 aromatic carbocycles. The van der Waals surface area contributed by atoms with E-state index in [4.69, 9.17) is 4.74 Å². The third-order valence-electron chi connectivity index (χ3n) is 2.88. The summed E-state index contributed by atoms with van der Waals surface area (Å²) in [4.78, 5) is 13.4. The van der Waals surface area contributed by atoms with Gasteiger partial charge in [-0.1, -0.05) is 0 Å². The van der Waals surface area contributed by atoms with Crippen LogP contribution in [-0.2, 0) is 19.4 Å². The highest BCUT2D eigenvalue weighted by molar-refractivity contribution is 7.94. The molecule has 5 nitrogen and oxygen atoms in total. The van der Waals surface area contributed by atoms with Gasteiger partial charge < -0.3 is 9.64 Å². The largest absolute Gasteiger partial charge is 0.375 e. The summed E-state index contributed by atoms with van der Waals surface area (Å²) in [7, 11) is -1.92. The van der Waals surface area contributed by atoms with E-state index in [-0.39, 0.29) is 18.3 Å². The number of anilines is 1. The van der Waals surface area contributed by atoms with Gasteiger partial charge in [-0.05, 0) is 30.3 Å². The fourth-order valence-electron chi connectivity index (χ4n) is 2.04. The number of amides is 1. The van der Waals surface area contributed by atoms with Crippen LogP contribution in [-0.4, -0.2) is 39.8 Å². The summed E-state index contributed by atoms with van der Waals surface area (Å²) >= 11 is 0. The van der Waals surface area contributed by atoms with Crippen molar-refractivity contribution in [1.82, 2.24) is 0 Å². The lowest BCUT2D eigenvalue weighted by molar-refractivity contribution is -0.122. The van der Waals surface area contributed by atoms with Crippen LogP contribution in [0.3, 0.4) is 0 Å². The van der Waals surface area contributed by atoms with E-state index in [2.05, 4.69) is 0 Å². The molecule has 1 aliphatic rings. The Balaban J connectivity index is 2.33. The second-order valence-corrected chi connectivity index (χ2v) is 6.33. The SMILES string of the molecule is COCC(=O)N(c1ccc(F)cc1)C1C=CS(=O)(=O)C1. The molecular weight excluding hydrogens is 285 g/mol. The topological polar surface area (TPSA) is 63.7 Å². The van der Waals surface area contributed by atoms with Crippen molar-refractivity contribution in [2.45, 2.75) is 6.04 Å². The summed E-state index contributed by atoms with van der Waals surface area (Å²) in [5.41, 5.74) is 0.431. The van der Waals surface area contributed by atoms with E-state index < -0.39 is 21.7 Å². The fourth-order valence-corrected chi connectivity index (χ4v) is 3.30. The molecule has 7 heteroatoms. The number of ether oxygens (including phenoxy) is 1. The van der Waals surface area contributed by atoms with Crippen molar-refractivity contribution in [3.8, 4) is 0 Å². The molecule has 0 saturated heterocycles. The Morgan fingerprint density at radius 2 is 2.05 bits per heavy atom. The maximum absolute atomic E-state index is 13.0. The van der Waals surface area contributed by atoms with E-state index in [1.807, 2.05) is 0 Å². The van der Waals surface area contributed by atoms with E-state index in [0.717, 1.165) is 5.41 Å². The van der Waals surface area contributed by atoms with E-state index in [9.17, 15) is 17.6 Å². The molecule has 1 heterocycles. The van der Waals surface area contributed by atoms with Gasteiger partial charge in [0, 0.05) is 18.2 Å². The predicted octanol–water partition coefficient (Wildman–Crippen LogP) is 1.12. The molecule has 1 amide bonds. The highest BCUT2D eigenvalue weighted by Gasteiger charge is 2.31. The molecule has 0 bridgehead atoms. The molecule has 0 aromatic heterocycles. The summed E-state index contributed by atoms with van der Waals surface area (Å²) in [6.07, 6.45) is 1.45. The Morgan fingerprint density at radius 3 is 2.55 bits per heavy atom. The van der Waals surface area contributed by atoms with Gasteiger partial charge in [-0.3, -0.25) is 4.79 Å². The number of methoxy groups -OCH3 is 1. The number of benzene rings is 1. The Labute approximate surface area is 116 Å². The molecule has 0 aliphatic carbocycles. The zero-order valence-electron chi connectivity index (χ0n) is 10.8. The van der Waals surface area contributed by atoms with Crippen LogP contribution in [0.5, 0.6) is 0 Å². The second kappa shape index (κ2) is 5.72. The van der Waals surface area contributed by atoms with Gasteiger partial charge >= 0.3 is 0 Å². The molecule has 0 spiro atoms. The highest BCUT2D eigenvalue weighted by atomic mass is 32.2. The van der Waals surface area contributed by atoms with Crippen LogP contribution in [0.1, 0.15) is 0 Å². The second-order valence-electron chi connectivity index (χ2n) is 4.40. The molecule has 108 valence electrons. The Hall–Kier alpha value is -1.73. The van der Waals surface area contributed by atoms with Crippen molar-refractivity contribution in [3.63, 3.8) is 0 Å². The van der Waals surface area contributed by atoms with E-state index in [1.165, 1.54) is 42.4 Å². The first-order chi connectivity index (χ1) is 9.43. The molecule has 1 atom stereocenters. The van der Waals surface area contributed by atoms with E-state index >= 15 is 0 Å². The van der Waals surface area contributed by atoms with E-state index in [0.29, 0.717) is 5.69 Å².